The van der Waals surface area contributed by atoms with Gasteiger partial charge in [0.15, 0.2) is 9.84 Å². The van der Waals surface area contributed by atoms with Crippen molar-refractivity contribution in [3.63, 3.8) is 0 Å². The third-order valence-corrected chi connectivity index (χ3v) is 6.78. The maximum atomic E-state index is 12.7. The fourth-order valence-corrected chi connectivity index (χ4v) is 4.67. The Balaban J connectivity index is 1.68. The molecule has 162 valence electrons. The van der Waals surface area contributed by atoms with Gasteiger partial charge in [0, 0.05) is 24.8 Å². The summed E-state index contributed by atoms with van der Waals surface area (Å²) in [7, 11) is 0.353. The molecule has 1 heterocycles. The molecule has 30 heavy (non-hydrogen) atoms. The summed E-state index contributed by atoms with van der Waals surface area (Å²) in [4.78, 5) is 14.8. The van der Waals surface area contributed by atoms with Crippen LogP contribution >= 0.6 is 0 Å². The molecule has 0 saturated carbocycles. The van der Waals surface area contributed by atoms with Crippen LogP contribution in [-0.4, -0.2) is 64.4 Å². The van der Waals surface area contributed by atoms with Crippen LogP contribution in [0.25, 0.3) is 0 Å². The number of nitrogens with one attached hydrogen (secondary N) is 3. The van der Waals surface area contributed by atoms with Crippen LogP contribution in [0.5, 0.6) is 0 Å². The number of benzene rings is 2. The number of para-hydroxylation sites is 1. The molecule has 1 fully saturated rings. The zero-order valence-electron chi connectivity index (χ0n) is 17.2. The fourth-order valence-electron chi connectivity index (χ4n) is 3.27. The molecule has 3 unspecified atom stereocenters. The molecular formula is C21H29N5O3S. The monoisotopic (exact) mass is 431 g/mol. The van der Waals surface area contributed by atoms with Gasteiger partial charge in [-0.1, -0.05) is 30.3 Å². The van der Waals surface area contributed by atoms with Crippen molar-refractivity contribution < 1.29 is 13.2 Å². The van der Waals surface area contributed by atoms with Crippen molar-refractivity contribution in [2.24, 2.45) is 5.73 Å². The number of piperazine rings is 1. The maximum absolute atomic E-state index is 12.7. The minimum Gasteiger partial charge on any atom is -0.325 e. The first-order valence-electron chi connectivity index (χ1n) is 9.84. The Morgan fingerprint density at radius 3 is 2.43 bits per heavy atom. The molecule has 2 aromatic rings. The highest BCUT2D eigenvalue weighted by Gasteiger charge is 2.33. The van der Waals surface area contributed by atoms with Gasteiger partial charge < -0.3 is 16.0 Å². The van der Waals surface area contributed by atoms with Gasteiger partial charge in [-0.05, 0) is 43.9 Å². The Labute approximate surface area is 177 Å². The first-order chi connectivity index (χ1) is 14.3. The first-order valence-corrected chi connectivity index (χ1v) is 11.5. The molecule has 2 aromatic carbocycles. The molecule has 3 rings (SSSR count). The van der Waals surface area contributed by atoms with Gasteiger partial charge in [0.25, 0.3) is 0 Å². The molecule has 5 N–H and O–H groups in total. The van der Waals surface area contributed by atoms with Crippen molar-refractivity contribution in [2.75, 3.05) is 38.3 Å². The van der Waals surface area contributed by atoms with E-state index in [1.807, 2.05) is 49.3 Å². The van der Waals surface area contributed by atoms with Crippen LogP contribution in [0.2, 0.25) is 0 Å². The smallest absolute Gasteiger partial charge is 0.244 e. The zero-order chi connectivity index (χ0) is 21.7. The number of nitrogens with two attached hydrogens (primary N) is 1. The third kappa shape index (κ3) is 5.65. The van der Waals surface area contributed by atoms with Crippen LogP contribution in [0.4, 0.5) is 5.69 Å². The molecule has 8 nitrogen and oxygen atoms in total. The van der Waals surface area contributed by atoms with Crippen LogP contribution in [0.15, 0.2) is 59.5 Å². The molecule has 0 radical (unpaired) electrons. The minimum atomic E-state index is -3.33. The lowest BCUT2D eigenvalue weighted by molar-refractivity contribution is -0.119. The molecule has 0 aromatic heterocycles. The molecule has 1 saturated heterocycles. The van der Waals surface area contributed by atoms with Gasteiger partial charge in [-0.25, -0.2) is 8.42 Å². The first kappa shape index (κ1) is 22.4. The lowest BCUT2D eigenvalue weighted by Gasteiger charge is -2.36. The summed E-state index contributed by atoms with van der Waals surface area (Å²) < 4.78 is 24.9. The summed E-state index contributed by atoms with van der Waals surface area (Å²) >= 11 is 0. The lowest BCUT2D eigenvalue weighted by Crippen LogP contribution is -2.65. The van der Waals surface area contributed by atoms with E-state index in [2.05, 4.69) is 16.0 Å². The number of amides is 1. The molecular weight excluding hydrogens is 402 g/mol. The largest absolute Gasteiger partial charge is 0.325 e. The Hall–Kier alpha value is -2.30. The Kier molecular flexibility index (Phi) is 7.22. The van der Waals surface area contributed by atoms with Gasteiger partial charge in [0.1, 0.15) is 6.04 Å². The van der Waals surface area contributed by atoms with Crippen LogP contribution in [0.3, 0.4) is 0 Å². The highest BCUT2D eigenvalue weighted by atomic mass is 32.2. The Morgan fingerprint density at radius 1 is 1.13 bits per heavy atom. The van der Waals surface area contributed by atoms with Crippen molar-refractivity contribution >= 4 is 21.4 Å². The van der Waals surface area contributed by atoms with E-state index in [0.29, 0.717) is 23.7 Å². The van der Waals surface area contributed by atoms with Gasteiger partial charge in [-0.2, -0.15) is 0 Å². The number of carbonyl (C=O) groups excluding carboxylic acids is 1. The van der Waals surface area contributed by atoms with Crippen LogP contribution in [0.1, 0.15) is 11.6 Å². The van der Waals surface area contributed by atoms with Gasteiger partial charge in [-0.15, -0.1) is 0 Å². The third-order valence-electron chi connectivity index (χ3n) is 5.07. The molecule has 9 heteroatoms. The number of sulfone groups is 1. The molecule has 0 bridgehead atoms. The van der Waals surface area contributed by atoms with E-state index >= 15 is 0 Å². The van der Waals surface area contributed by atoms with Gasteiger partial charge in [0.2, 0.25) is 5.91 Å². The molecule has 0 aliphatic carbocycles. The van der Waals surface area contributed by atoms with Crippen molar-refractivity contribution in [3.05, 3.63) is 60.2 Å². The molecule has 3 atom stereocenters. The van der Waals surface area contributed by atoms with Crippen molar-refractivity contribution in [1.29, 1.82) is 0 Å². The second-order valence-corrected chi connectivity index (χ2v) is 9.79. The number of hydrogen-bond donors (Lipinski definition) is 4. The number of nitrogens with zero attached hydrogens (tertiary/aromatic N) is 1. The summed E-state index contributed by atoms with van der Waals surface area (Å²) in [6, 6.07) is 15.2. The highest BCUT2D eigenvalue weighted by Crippen LogP contribution is 2.20. The topological polar surface area (TPSA) is 117 Å². The van der Waals surface area contributed by atoms with Gasteiger partial charge >= 0.3 is 0 Å². The van der Waals surface area contributed by atoms with Gasteiger partial charge in [-0.3, -0.25) is 15.4 Å². The zero-order valence-corrected chi connectivity index (χ0v) is 18.0. The quantitative estimate of drug-likeness (QED) is 0.506. The van der Waals surface area contributed by atoms with E-state index < -0.39 is 22.0 Å². The summed E-state index contributed by atoms with van der Waals surface area (Å²) in [5, 5.41) is 9.30. The molecule has 0 spiro atoms. The number of rotatable bonds is 7. The Morgan fingerprint density at radius 2 is 1.80 bits per heavy atom. The molecule has 1 amide bonds. The second-order valence-electron chi connectivity index (χ2n) is 7.68. The summed E-state index contributed by atoms with van der Waals surface area (Å²) in [6.07, 6.45) is -0.532. The van der Waals surface area contributed by atoms with Crippen molar-refractivity contribution in [3.8, 4) is 0 Å². The molecule has 1 aliphatic heterocycles. The van der Waals surface area contributed by atoms with Crippen LogP contribution in [-0.2, 0) is 14.6 Å². The Bertz CT molecular complexity index is 948. The van der Waals surface area contributed by atoms with Crippen LogP contribution in [0, 0.1) is 0 Å². The maximum Gasteiger partial charge on any atom is 0.244 e. The average Bonchev–Trinajstić information content (AvgIpc) is 2.73. The number of anilines is 1. The van der Waals surface area contributed by atoms with E-state index in [0.717, 1.165) is 5.56 Å². The van der Waals surface area contributed by atoms with E-state index in [9.17, 15) is 13.2 Å². The van der Waals surface area contributed by atoms with E-state index in [4.69, 9.17) is 5.73 Å². The normalized spacial score (nSPS) is 22.1. The van der Waals surface area contributed by atoms with Gasteiger partial charge in [0.05, 0.1) is 16.8 Å². The summed E-state index contributed by atoms with van der Waals surface area (Å²) in [5.41, 5.74) is 7.68. The van der Waals surface area contributed by atoms with E-state index in [-0.39, 0.29) is 17.7 Å². The highest BCUT2D eigenvalue weighted by molar-refractivity contribution is 7.91. The van der Waals surface area contributed by atoms with E-state index in [1.165, 1.54) is 0 Å². The predicted octanol–water partition coefficient (Wildman–Crippen LogP) is 0.548. The minimum absolute atomic E-state index is 0.0686. The predicted molar refractivity (Wildman–Crippen MR) is 118 cm³/mol. The molecule has 1 aliphatic rings. The fraction of sp³-hybridized carbons (Fsp3) is 0.381. The summed E-state index contributed by atoms with van der Waals surface area (Å²) in [6.45, 7) is 0.997. The van der Waals surface area contributed by atoms with Crippen LogP contribution < -0.4 is 21.7 Å². The standard InChI is InChI=1S/C21H29N5O3S/c1-26(2)12-13-30(28,29)17-10-8-15(9-11-17)18-14-23-20(22)19(25-18)21(27)24-16-6-4-3-5-7-16/h3-11,18-20,23,25H,12-14,22H2,1-2H3,(H,24,27). The second kappa shape index (κ2) is 9.67. The number of carbonyl (C=O) groups is 1. The van der Waals surface area contributed by atoms with E-state index in [1.54, 1.807) is 24.3 Å². The van der Waals surface area contributed by atoms with Crippen molar-refractivity contribution in [2.45, 2.75) is 23.1 Å². The lowest BCUT2D eigenvalue weighted by atomic mass is 10.0. The SMILES string of the molecule is CN(C)CCS(=O)(=O)c1ccc(C2CNC(N)C(C(=O)Nc3ccccc3)N2)cc1. The summed E-state index contributed by atoms with van der Waals surface area (Å²) in [5.74, 6) is -0.159. The number of hydrogen-bond acceptors (Lipinski definition) is 7. The average molecular weight is 432 g/mol. The van der Waals surface area contributed by atoms with Crippen molar-refractivity contribution in [1.82, 2.24) is 15.5 Å².